The van der Waals surface area contributed by atoms with Crippen LogP contribution in [0.5, 0.6) is 0 Å². The summed E-state index contributed by atoms with van der Waals surface area (Å²) in [7, 11) is -2.04. The van der Waals surface area contributed by atoms with Crippen LogP contribution >= 0.6 is 7.14 Å². The topological polar surface area (TPSA) is 23.8 Å². The van der Waals surface area contributed by atoms with Gasteiger partial charge >= 0.3 is 7.00 Å². The van der Waals surface area contributed by atoms with Crippen LogP contribution < -0.4 is 15.9 Å². The van der Waals surface area contributed by atoms with Gasteiger partial charge in [0.05, 0.1) is 29.0 Å². The van der Waals surface area contributed by atoms with Gasteiger partial charge < -0.3 is 0 Å². The number of benzene rings is 3. The Balaban J connectivity index is 2.32. The van der Waals surface area contributed by atoms with Crippen LogP contribution in [0.4, 0.5) is 0 Å². The Labute approximate surface area is 132 Å². The number of nitrogens with zero attached hydrogens (tertiary/aromatic N) is 1. The molecule has 0 aromatic heterocycles. The van der Waals surface area contributed by atoms with Gasteiger partial charge in [-0.1, -0.05) is 54.6 Å². The summed E-state index contributed by atoms with van der Waals surface area (Å²) in [4.78, 5) is 0. The minimum Gasteiger partial charge on any atom is -0.207 e. The lowest BCUT2D eigenvalue weighted by molar-refractivity contribution is 1.56. The molecule has 0 saturated carbocycles. The molecule has 1 radical (unpaired) electrons. The quantitative estimate of drug-likeness (QED) is 0.536. The first-order valence-corrected chi connectivity index (χ1v) is 9.03. The van der Waals surface area contributed by atoms with Crippen molar-refractivity contribution in [2.45, 2.75) is 0 Å². The third-order valence-corrected chi connectivity index (χ3v) is 7.58. The van der Waals surface area contributed by atoms with E-state index >= 15 is 0 Å². The minimum absolute atomic E-state index is 1.20. The van der Waals surface area contributed by atoms with E-state index in [-0.39, 0.29) is 0 Å². The number of rotatable bonds is 4. The summed E-state index contributed by atoms with van der Waals surface area (Å²) < 4.78 is 0. The highest BCUT2D eigenvalue weighted by Gasteiger charge is 2.47. The second kappa shape index (κ2) is 6.61. The van der Waals surface area contributed by atoms with Crippen LogP contribution in [0.25, 0.3) is 0 Å². The van der Waals surface area contributed by atoms with E-state index in [4.69, 9.17) is 0 Å². The average molecular weight is 299 g/mol. The molecule has 0 aliphatic rings. The summed E-state index contributed by atoms with van der Waals surface area (Å²) in [5, 5.41) is 13.1. The van der Waals surface area contributed by atoms with E-state index in [9.17, 15) is 5.26 Å². The van der Waals surface area contributed by atoms with Crippen LogP contribution in [0.2, 0.25) is 0 Å². The van der Waals surface area contributed by atoms with Crippen molar-refractivity contribution in [1.82, 2.24) is 0 Å². The first-order valence-electron chi connectivity index (χ1n) is 7.17. The van der Waals surface area contributed by atoms with Crippen LogP contribution in [0.15, 0.2) is 91.0 Å². The van der Waals surface area contributed by atoms with Crippen LogP contribution in [0.3, 0.4) is 0 Å². The molecule has 22 heavy (non-hydrogen) atoms. The van der Waals surface area contributed by atoms with Gasteiger partial charge in [-0.2, -0.15) is 0 Å². The van der Waals surface area contributed by atoms with Crippen LogP contribution in [0, 0.1) is 11.2 Å². The van der Waals surface area contributed by atoms with Gasteiger partial charge in [0, 0.05) is 0 Å². The zero-order valence-electron chi connectivity index (χ0n) is 12.1. The Morgan fingerprint density at radius 1 is 0.591 bits per heavy atom. The Hall–Kier alpha value is -2.36. The Kier molecular flexibility index (Phi) is 4.38. The first-order chi connectivity index (χ1) is 10.9. The molecule has 0 fully saturated rings. The molecule has 0 aliphatic heterocycles. The largest absolute Gasteiger partial charge is 0.503 e. The fraction of sp³-hybridized carbons (Fsp3) is 0. The molecule has 3 aromatic rings. The van der Waals surface area contributed by atoms with Crippen molar-refractivity contribution in [2.75, 3.05) is 0 Å². The highest BCUT2D eigenvalue weighted by molar-refractivity contribution is 8.16. The predicted octanol–water partition coefficient (Wildman–Crippen LogP) is 3.08. The third-order valence-electron chi connectivity index (χ3n) is 3.74. The molecule has 1 nitrogen and oxygen atoms in total. The van der Waals surface area contributed by atoms with Crippen molar-refractivity contribution in [3.05, 3.63) is 91.0 Å². The SMILES string of the molecule is N#C[B][P+](c1ccccc1)(c1ccccc1)c1ccccc1. The number of hydrogen-bond donors (Lipinski definition) is 0. The van der Waals surface area contributed by atoms with Crippen molar-refractivity contribution < 1.29 is 0 Å². The Morgan fingerprint density at radius 3 is 1.18 bits per heavy atom. The third kappa shape index (κ3) is 2.57. The monoisotopic (exact) mass is 299 g/mol. The summed E-state index contributed by atoms with van der Waals surface area (Å²) in [5.41, 5.74) is 0. The Morgan fingerprint density at radius 2 is 0.909 bits per heavy atom. The number of hydrogen-bond acceptors (Lipinski definition) is 1. The number of nitriles is 1. The molecule has 3 rings (SSSR count). The second-order valence-corrected chi connectivity index (χ2v) is 8.24. The molecule has 0 unspecified atom stereocenters. The smallest absolute Gasteiger partial charge is 0.207 e. The van der Waals surface area contributed by atoms with Gasteiger partial charge in [0.2, 0.25) is 0 Å². The molecule has 3 aromatic carbocycles. The van der Waals surface area contributed by atoms with Crippen molar-refractivity contribution in [1.29, 1.82) is 5.26 Å². The van der Waals surface area contributed by atoms with E-state index in [1.54, 1.807) is 0 Å². The maximum atomic E-state index is 9.51. The summed E-state index contributed by atoms with van der Waals surface area (Å²) in [6.07, 6.45) is 0. The van der Waals surface area contributed by atoms with Crippen molar-refractivity contribution in [2.24, 2.45) is 0 Å². The standard InChI is InChI=1S/C19H15BNP/c21-16-20-22(17-10-4-1-5-11-17,18-12-6-2-7-13-18)19-14-8-3-9-15-19/h1-15H/q+1. The zero-order chi connectivity index (χ0) is 15.3. The average Bonchev–Trinajstić information content (AvgIpc) is 2.62. The lowest BCUT2D eigenvalue weighted by atomic mass is 10.2. The second-order valence-electron chi connectivity index (χ2n) is 4.99. The van der Waals surface area contributed by atoms with Gasteiger partial charge in [-0.3, -0.25) is 0 Å². The predicted molar refractivity (Wildman–Crippen MR) is 96.5 cm³/mol. The van der Waals surface area contributed by atoms with E-state index in [0.29, 0.717) is 0 Å². The van der Waals surface area contributed by atoms with Crippen LogP contribution in [-0.2, 0) is 0 Å². The van der Waals surface area contributed by atoms with Crippen molar-refractivity contribution >= 4 is 30.1 Å². The molecule has 0 amide bonds. The zero-order valence-corrected chi connectivity index (χ0v) is 13.0. The highest BCUT2D eigenvalue weighted by atomic mass is 31.2. The molecular formula is C19H15BNP+. The molecule has 0 aliphatic carbocycles. The Bertz CT molecular complexity index is 670. The molecule has 3 heteroatoms. The maximum absolute atomic E-state index is 9.51. The van der Waals surface area contributed by atoms with E-state index < -0.39 is 7.14 Å². The van der Waals surface area contributed by atoms with E-state index in [1.807, 2.05) is 61.6 Å². The summed E-state index contributed by atoms with van der Waals surface area (Å²) >= 11 is 0. The normalized spacial score (nSPS) is 10.7. The van der Waals surface area contributed by atoms with Crippen LogP contribution in [-0.4, -0.2) is 7.00 Å². The summed E-state index contributed by atoms with van der Waals surface area (Å²) in [5.74, 6) is 2.33. The van der Waals surface area contributed by atoms with E-state index in [2.05, 4.69) is 42.4 Å². The molecular weight excluding hydrogens is 284 g/mol. The van der Waals surface area contributed by atoms with Gasteiger partial charge in [-0.15, -0.1) is 0 Å². The summed E-state index contributed by atoms with van der Waals surface area (Å²) in [6, 6.07) is 31.1. The minimum atomic E-state index is -2.04. The fourth-order valence-electron chi connectivity index (χ4n) is 2.75. The van der Waals surface area contributed by atoms with Gasteiger partial charge in [0.15, 0.2) is 0 Å². The van der Waals surface area contributed by atoms with E-state index in [0.717, 1.165) is 0 Å². The summed E-state index contributed by atoms with van der Waals surface area (Å²) in [6.45, 7) is 1.84. The van der Waals surface area contributed by atoms with E-state index in [1.165, 1.54) is 15.9 Å². The molecule has 0 atom stereocenters. The fourth-order valence-corrected chi connectivity index (χ4v) is 6.19. The first kappa shape index (κ1) is 14.6. The van der Waals surface area contributed by atoms with Gasteiger partial charge in [-0.05, 0) is 36.4 Å². The maximum Gasteiger partial charge on any atom is 0.503 e. The molecule has 0 heterocycles. The van der Waals surface area contributed by atoms with Crippen molar-refractivity contribution in [3.63, 3.8) is 0 Å². The lowest BCUT2D eigenvalue weighted by Crippen LogP contribution is -2.34. The van der Waals surface area contributed by atoms with Gasteiger partial charge in [-0.25, -0.2) is 5.26 Å². The lowest BCUT2D eigenvalue weighted by Gasteiger charge is -2.24. The van der Waals surface area contributed by atoms with Gasteiger partial charge in [0.25, 0.3) is 0 Å². The van der Waals surface area contributed by atoms with Crippen molar-refractivity contribution in [3.8, 4) is 5.97 Å². The highest BCUT2D eigenvalue weighted by Crippen LogP contribution is 2.53. The molecule has 0 spiro atoms. The van der Waals surface area contributed by atoms with Crippen LogP contribution in [0.1, 0.15) is 0 Å². The van der Waals surface area contributed by atoms with Gasteiger partial charge in [0.1, 0.15) is 0 Å². The molecule has 0 bridgehead atoms. The molecule has 0 N–H and O–H groups in total. The molecule has 103 valence electrons. The molecule has 0 saturated heterocycles.